The number of aromatic nitrogens is 1. The van der Waals surface area contributed by atoms with Crippen molar-refractivity contribution in [1.82, 2.24) is 9.99 Å². The van der Waals surface area contributed by atoms with Gasteiger partial charge in [-0.3, -0.25) is 4.79 Å². The molecule has 4 nitrogen and oxygen atoms in total. The molecule has 0 unspecified atom stereocenters. The molecule has 1 aromatic heterocycles. The van der Waals surface area contributed by atoms with E-state index in [1.807, 2.05) is 0 Å². The third-order valence-corrected chi connectivity index (χ3v) is 5.15. The minimum atomic E-state index is -0.264. The largest absolute Gasteiger partial charge is 0.345 e. The van der Waals surface area contributed by atoms with Crippen LogP contribution in [0.2, 0.25) is 5.02 Å². The van der Waals surface area contributed by atoms with Gasteiger partial charge in [-0.1, -0.05) is 36.9 Å². The summed E-state index contributed by atoms with van der Waals surface area (Å²) in [6, 6.07) is 9.56. The Bertz CT molecular complexity index is 788. The molecule has 0 aliphatic heterocycles. The number of amides is 1. The van der Waals surface area contributed by atoms with Crippen molar-refractivity contribution in [2.24, 2.45) is 5.10 Å². The molecule has 1 saturated carbocycles. The van der Waals surface area contributed by atoms with Gasteiger partial charge in [0.1, 0.15) is 0 Å². The van der Waals surface area contributed by atoms with Gasteiger partial charge in [-0.25, -0.2) is 5.43 Å². The lowest BCUT2D eigenvalue weighted by Gasteiger charge is -2.26. The second-order valence-corrected chi connectivity index (χ2v) is 7.13. The van der Waals surface area contributed by atoms with Crippen LogP contribution < -0.4 is 5.43 Å². The molecule has 0 bridgehead atoms. The van der Waals surface area contributed by atoms with Gasteiger partial charge >= 0.3 is 0 Å². The number of hydrogen-bond acceptors (Lipinski definition) is 2. The zero-order valence-corrected chi connectivity index (χ0v) is 15.5. The van der Waals surface area contributed by atoms with E-state index < -0.39 is 0 Å². The van der Waals surface area contributed by atoms with Crippen LogP contribution in [-0.4, -0.2) is 16.7 Å². The van der Waals surface area contributed by atoms with E-state index in [1.54, 1.807) is 30.5 Å². The van der Waals surface area contributed by atoms with Gasteiger partial charge in [0.2, 0.25) is 0 Å². The first-order valence-electron chi connectivity index (χ1n) is 8.83. The van der Waals surface area contributed by atoms with Crippen LogP contribution in [0.3, 0.4) is 0 Å². The highest BCUT2D eigenvalue weighted by atomic mass is 35.5. The highest BCUT2D eigenvalue weighted by Gasteiger charge is 2.19. The molecule has 1 aliphatic carbocycles. The minimum Gasteiger partial charge on any atom is -0.345 e. The molecule has 0 spiro atoms. The number of carbonyl (C=O) groups is 1. The smallest absolute Gasteiger partial charge is 0.271 e. The van der Waals surface area contributed by atoms with Gasteiger partial charge in [0, 0.05) is 33.6 Å². The zero-order valence-electron chi connectivity index (χ0n) is 14.8. The Morgan fingerprint density at radius 2 is 2.00 bits per heavy atom. The highest BCUT2D eigenvalue weighted by molar-refractivity contribution is 6.30. The summed E-state index contributed by atoms with van der Waals surface area (Å²) in [6.45, 7) is 4.27. The summed E-state index contributed by atoms with van der Waals surface area (Å²) < 4.78 is 2.43. The number of nitrogens with zero attached hydrogens (tertiary/aromatic N) is 2. The van der Waals surface area contributed by atoms with Crippen molar-refractivity contribution in [3.05, 3.63) is 57.9 Å². The van der Waals surface area contributed by atoms with Crippen LogP contribution in [0.1, 0.15) is 65.5 Å². The van der Waals surface area contributed by atoms with E-state index in [4.69, 9.17) is 11.6 Å². The van der Waals surface area contributed by atoms with Crippen molar-refractivity contribution in [2.45, 2.75) is 52.0 Å². The van der Waals surface area contributed by atoms with Crippen LogP contribution in [0.5, 0.6) is 0 Å². The quantitative estimate of drug-likeness (QED) is 0.605. The lowest BCUT2D eigenvalue weighted by molar-refractivity contribution is 0.0955. The van der Waals surface area contributed by atoms with Crippen LogP contribution in [0.15, 0.2) is 35.4 Å². The SMILES string of the molecule is Cc1cc(/C=N\NC(=O)c2cccc(Cl)c2)c(C)n1C1CCCCC1. The Hall–Kier alpha value is -2.07. The summed E-state index contributed by atoms with van der Waals surface area (Å²) in [5.74, 6) is -0.264. The summed E-state index contributed by atoms with van der Waals surface area (Å²) in [7, 11) is 0. The number of hydrogen-bond donors (Lipinski definition) is 1. The summed E-state index contributed by atoms with van der Waals surface area (Å²) in [5, 5.41) is 4.66. The summed E-state index contributed by atoms with van der Waals surface area (Å²) >= 11 is 5.91. The Labute approximate surface area is 153 Å². The predicted molar refractivity (Wildman–Crippen MR) is 103 cm³/mol. The van der Waals surface area contributed by atoms with Gasteiger partial charge in [0.25, 0.3) is 5.91 Å². The van der Waals surface area contributed by atoms with Gasteiger partial charge in [-0.15, -0.1) is 0 Å². The summed E-state index contributed by atoms with van der Waals surface area (Å²) in [6.07, 6.45) is 8.18. The number of aryl methyl sites for hydroxylation is 1. The second-order valence-electron chi connectivity index (χ2n) is 6.70. The first-order valence-corrected chi connectivity index (χ1v) is 9.21. The number of rotatable bonds is 4. The lowest BCUT2D eigenvalue weighted by Crippen LogP contribution is -2.17. The topological polar surface area (TPSA) is 46.4 Å². The molecule has 1 aromatic carbocycles. The molecule has 132 valence electrons. The molecular weight excluding hydrogens is 334 g/mol. The van der Waals surface area contributed by atoms with E-state index in [0.717, 1.165) is 5.56 Å². The van der Waals surface area contributed by atoms with Crippen molar-refractivity contribution < 1.29 is 4.79 Å². The Morgan fingerprint density at radius 3 is 2.72 bits per heavy atom. The van der Waals surface area contributed by atoms with Gasteiger partial charge in [-0.2, -0.15) is 5.10 Å². The molecule has 5 heteroatoms. The summed E-state index contributed by atoms with van der Waals surface area (Å²) in [4.78, 5) is 12.1. The fraction of sp³-hybridized carbons (Fsp3) is 0.400. The van der Waals surface area contributed by atoms with Crippen LogP contribution in [0.4, 0.5) is 0 Å². The number of nitrogens with one attached hydrogen (secondary N) is 1. The average Bonchev–Trinajstić information content (AvgIpc) is 2.89. The van der Waals surface area contributed by atoms with E-state index in [2.05, 4.69) is 35.0 Å². The normalized spacial score (nSPS) is 15.6. The minimum absolute atomic E-state index is 0.264. The van der Waals surface area contributed by atoms with E-state index in [1.165, 1.54) is 43.5 Å². The Balaban J connectivity index is 1.70. The van der Waals surface area contributed by atoms with E-state index in [-0.39, 0.29) is 5.91 Å². The van der Waals surface area contributed by atoms with E-state index >= 15 is 0 Å². The van der Waals surface area contributed by atoms with Gasteiger partial charge in [0.15, 0.2) is 0 Å². The molecule has 1 heterocycles. The Kier molecular flexibility index (Phi) is 5.59. The van der Waals surface area contributed by atoms with Crippen LogP contribution in [0.25, 0.3) is 0 Å². The van der Waals surface area contributed by atoms with Crippen molar-refractivity contribution >= 4 is 23.7 Å². The average molecular weight is 358 g/mol. The molecule has 0 atom stereocenters. The first-order chi connectivity index (χ1) is 12.1. The fourth-order valence-electron chi connectivity index (χ4n) is 3.69. The van der Waals surface area contributed by atoms with Crippen LogP contribution in [-0.2, 0) is 0 Å². The monoisotopic (exact) mass is 357 g/mol. The molecule has 1 fully saturated rings. The maximum Gasteiger partial charge on any atom is 0.271 e. The van der Waals surface area contributed by atoms with Gasteiger partial charge in [-0.05, 0) is 51.0 Å². The summed E-state index contributed by atoms with van der Waals surface area (Å²) in [5.41, 5.74) is 6.59. The maximum atomic E-state index is 12.1. The van der Waals surface area contributed by atoms with Crippen LogP contribution in [0, 0.1) is 13.8 Å². The predicted octanol–water partition coefficient (Wildman–Crippen LogP) is 5.03. The van der Waals surface area contributed by atoms with Crippen molar-refractivity contribution in [3.8, 4) is 0 Å². The van der Waals surface area contributed by atoms with Crippen molar-refractivity contribution in [1.29, 1.82) is 0 Å². The number of carbonyl (C=O) groups excluding carboxylic acids is 1. The molecule has 0 saturated heterocycles. The van der Waals surface area contributed by atoms with Crippen molar-refractivity contribution in [2.75, 3.05) is 0 Å². The molecule has 1 N–H and O–H groups in total. The zero-order chi connectivity index (χ0) is 17.8. The third kappa shape index (κ3) is 4.13. The standard InChI is InChI=1S/C20H24ClN3O/c1-14-11-17(15(2)24(14)19-9-4-3-5-10-19)13-22-23-20(25)16-7-6-8-18(21)12-16/h6-8,11-13,19H,3-5,9-10H2,1-2H3,(H,23,25)/b22-13-. The molecule has 0 radical (unpaired) electrons. The third-order valence-electron chi connectivity index (χ3n) is 4.92. The number of benzene rings is 1. The van der Waals surface area contributed by atoms with Gasteiger partial charge in [0.05, 0.1) is 6.21 Å². The molecule has 25 heavy (non-hydrogen) atoms. The molecule has 2 aromatic rings. The maximum absolute atomic E-state index is 12.1. The highest BCUT2D eigenvalue weighted by Crippen LogP contribution is 2.31. The van der Waals surface area contributed by atoms with Crippen molar-refractivity contribution in [3.63, 3.8) is 0 Å². The van der Waals surface area contributed by atoms with Crippen LogP contribution >= 0.6 is 11.6 Å². The lowest BCUT2D eigenvalue weighted by atomic mass is 9.95. The molecule has 1 amide bonds. The number of halogens is 1. The number of hydrazone groups is 1. The van der Waals surface area contributed by atoms with E-state index in [0.29, 0.717) is 16.6 Å². The van der Waals surface area contributed by atoms with E-state index in [9.17, 15) is 4.79 Å². The molecule has 3 rings (SSSR count). The molecular formula is C20H24ClN3O. The first kappa shape index (κ1) is 17.7. The molecule has 1 aliphatic rings. The fourth-order valence-corrected chi connectivity index (χ4v) is 3.88. The van der Waals surface area contributed by atoms with Gasteiger partial charge < -0.3 is 4.57 Å². The second kappa shape index (κ2) is 7.87. The Morgan fingerprint density at radius 1 is 1.24 bits per heavy atom.